The summed E-state index contributed by atoms with van der Waals surface area (Å²) in [6.07, 6.45) is 0.225. The first-order chi connectivity index (χ1) is 8.34. The van der Waals surface area contributed by atoms with E-state index in [-0.39, 0.29) is 24.2 Å². The zero-order chi connectivity index (χ0) is 13.8. The van der Waals surface area contributed by atoms with Crippen LogP contribution in [0.2, 0.25) is 0 Å². The Bertz CT molecular complexity index is 279. The molecular weight excluding hydrogens is 232 g/mol. The number of morpholine rings is 1. The highest BCUT2D eigenvalue weighted by Gasteiger charge is 2.34. The fourth-order valence-electron chi connectivity index (χ4n) is 2.21. The second-order valence-electron chi connectivity index (χ2n) is 5.82. The van der Waals surface area contributed by atoms with Crippen molar-refractivity contribution < 1.29 is 14.6 Å². The van der Waals surface area contributed by atoms with Crippen LogP contribution in [0.25, 0.3) is 0 Å². The number of hydrogen-bond donors (Lipinski definition) is 2. The number of aliphatic hydroxyl groups is 1. The topological polar surface area (TPSA) is 61.8 Å². The fraction of sp³-hybridized carbons (Fsp3) is 0.923. The van der Waals surface area contributed by atoms with Gasteiger partial charge in [-0.05, 0) is 13.8 Å². The van der Waals surface area contributed by atoms with Crippen molar-refractivity contribution >= 4 is 5.91 Å². The third-order valence-corrected chi connectivity index (χ3v) is 2.93. The number of carbonyl (C=O) groups excluding carboxylic acids is 1. The van der Waals surface area contributed by atoms with Crippen molar-refractivity contribution in [2.75, 3.05) is 26.2 Å². The van der Waals surface area contributed by atoms with Crippen molar-refractivity contribution in [3.05, 3.63) is 0 Å². The van der Waals surface area contributed by atoms with E-state index in [1.807, 2.05) is 13.8 Å². The molecule has 5 nitrogen and oxygen atoms in total. The third kappa shape index (κ3) is 4.92. The second-order valence-corrected chi connectivity index (χ2v) is 5.82. The molecule has 1 fully saturated rings. The van der Waals surface area contributed by atoms with Gasteiger partial charge in [-0.15, -0.1) is 0 Å². The van der Waals surface area contributed by atoms with Gasteiger partial charge in [-0.25, -0.2) is 0 Å². The van der Waals surface area contributed by atoms with Crippen LogP contribution in [0, 0.1) is 0 Å². The first kappa shape index (κ1) is 15.4. The number of nitrogens with one attached hydrogen (secondary N) is 1. The van der Waals surface area contributed by atoms with E-state index in [4.69, 9.17) is 4.74 Å². The van der Waals surface area contributed by atoms with Crippen LogP contribution in [0.1, 0.15) is 34.1 Å². The molecule has 1 rings (SSSR count). The van der Waals surface area contributed by atoms with Crippen LogP contribution in [-0.2, 0) is 9.53 Å². The summed E-state index contributed by atoms with van der Waals surface area (Å²) in [5.74, 6) is 0.123. The molecule has 0 aromatic rings. The maximum atomic E-state index is 12.1. The van der Waals surface area contributed by atoms with Gasteiger partial charge in [-0.3, -0.25) is 4.79 Å². The monoisotopic (exact) mass is 258 g/mol. The lowest BCUT2D eigenvalue weighted by molar-refractivity contribution is -0.166. The van der Waals surface area contributed by atoms with Crippen LogP contribution >= 0.6 is 0 Å². The summed E-state index contributed by atoms with van der Waals surface area (Å²) < 4.78 is 5.69. The van der Waals surface area contributed by atoms with Crippen molar-refractivity contribution in [3.8, 4) is 0 Å². The molecule has 1 saturated heterocycles. The van der Waals surface area contributed by atoms with Crippen molar-refractivity contribution in [1.82, 2.24) is 10.2 Å². The minimum absolute atomic E-state index is 0.0442. The van der Waals surface area contributed by atoms with E-state index in [1.165, 1.54) is 0 Å². The largest absolute Gasteiger partial charge is 0.394 e. The minimum Gasteiger partial charge on any atom is -0.394 e. The molecule has 0 radical (unpaired) electrons. The molecule has 1 heterocycles. The molecule has 1 aliphatic rings. The van der Waals surface area contributed by atoms with Crippen LogP contribution in [-0.4, -0.2) is 59.9 Å². The SMILES string of the molecule is CC(C)NCCC(=O)N1CC(CO)OC(C)(C)C1. The Morgan fingerprint density at radius 3 is 2.78 bits per heavy atom. The molecule has 1 atom stereocenters. The molecule has 1 aliphatic heterocycles. The highest BCUT2D eigenvalue weighted by molar-refractivity contribution is 5.76. The molecule has 106 valence electrons. The van der Waals surface area contributed by atoms with Crippen LogP contribution < -0.4 is 5.32 Å². The lowest BCUT2D eigenvalue weighted by Gasteiger charge is -2.42. The van der Waals surface area contributed by atoms with Gasteiger partial charge in [0, 0.05) is 32.1 Å². The maximum absolute atomic E-state index is 12.1. The first-order valence-electron chi connectivity index (χ1n) is 6.64. The lowest BCUT2D eigenvalue weighted by atomic mass is 10.0. The van der Waals surface area contributed by atoms with Crippen molar-refractivity contribution in [2.24, 2.45) is 0 Å². The van der Waals surface area contributed by atoms with Gasteiger partial charge < -0.3 is 20.1 Å². The minimum atomic E-state index is -0.382. The van der Waals surface area contributed by atoms with E-state index in [1.54, 1.807) is 4.90 Å². The van der Waals surface area contributed by atoms with Gasteiger partial charge in [0.05, 0.1) is 18.3 Å². The number of nitrogens with zero attached hydrogens (tertiary/aromatic N) is 1. The molecule has 0 aliphatic carbocycles. The zero-order valence-electron chi connectivity index (χ0n) is 11.9. The van der Waals surface area contributed by atoms with Crippen LogP contribution in [0.4, 0.5) is 0 Å². The van der Waals surface area contributed by atoms with Crippen LogP contribution in [0.5, 0.6) is 0 Å². The summed E-state index contributed by atoms with van der Waals surface area (Å²) in [6.45, 7) is 9.73. The summed E-state index contributed by atoms with van der Waals surface area (Å²) >= 11 is 0. The standard InChI is InChI=1S/C13H26N2O3/c1-10(2)14-6-5-12(17)15-7-11(8-16)18-13(3,4)9-15/h10-11,14,16H,5-9H2,1-4H3. The Morgan fingerprint density at radius 2 is 2.22 bits per heavy atom. The zero-order valence-corrected chi connectivity index (χ0v) is 11.9. The Morgan fingerprint density at radius 1 is 1.56 bits per heavy atom. The summed E-state index contributed by atoms with van der Waals surface area (Å²) in [5, 5.41) is 12.4. The van der Waals surface area contributed by atoms with E-state index in [0.29, 0.717) is 32.1 Å². The number of hydrogen-bond acceptors (Lipinski definition) is 4. The Balaban J connectivity index is 2.46. The van der Waals surface area contributed by atoms with E-state index in [0.717, 1.165) is 0 Å². The lowest BCUT2D eigenvalue weighted by Crippen LogP contribution is -2.55. The number of carbonyl (C=O) groups is 1. The van der Waals surface area contributed by atoms with Gasteiger partial charge in [-0.2, -0.15) is 0 Å². The summed E-state index contributed by atoms with van der Waals surface area (Å²) in [5.41, 5.74) is -0.382. The number of aliphatic hydroxyl groups excluding tert-OH is 1. The fourth-order valence-corrected chi connectivity index (χ4v) is 2.21. The van der Waals surface area contributed by atoms with Gasteiger partial charge in [0.1, 0.15) is 0 Å². The van der Waals surface area contributed by atoms with Crippen LogP contribution in [0.3, 0.4) is 0 Å². The normalized spacial score (nSPS) is 23.4. The average molecular weight is 258 g/mol. The molecule has 0 saturated carbocycles. The van der Waals surface area contributed by atoms with Crippen molar-refractivity contribution in [3.63, 3.8) is 0 Å². The van der Waals surface area contributed by atoms with Gasteiger partial charge >= 0.3 is 0 Å². The van der Waals surface area contributed by atoms with Crippen molar-refractivity contribution in [1.29, 1.82) is 0 Å². The van der Waals surface area contributed by atoms with E-state index < -0.39 is 0 Å². The maximum Gasteiger partial charge on any atom is 0.224 e. The molecule has 1 amide bonds. The summed E-state index contributed by atoms with van der Waals surface area (Å²) in [4.78, 5) is 13.9. The number of ether oxygens (including phenoxy) is 1. The highest BCUT2D eigenvalue weighted by atomic mass is 16.5. The molecular formula is C13H26N2O3. The average Bonchev–Trinajstić information content (AvgIpc) is 2.26. The number of amides is 1. The summed E-state index contributed by atoms with van der Waals surface area (Å²) in [6, 6.07) is 0.393. The van der Waals surface area contributed by atoms with Gasteiger partial charge in [0.2, 0.25) is 5.91 Å². The molecule has 2 N–H and O–H groups in total. The quantitative estimate of drug-likeness (QED) is 0.748. The Hall–Kier alpha value is -0.650. The molecule has 1 unspecified atom stereocenters. The van der Waals surface area contributed by atoms with Crippen LogP contribution in [0.15, 0.2) is 0 Å². The van der Waals surface area contributed by atoms with E-state index in [9.17, 15) is 9.90 Å². The van der Waals surface area contributed by atoms with Gasteiger partial charge in [0.15, 0.2) is 0 Å². The highest BCUT2D eigenvalue weighted by Crippen LogP contribution is 2.21. The van der Waals surface area contributed by atoms with Crippen molar-refractivity contribution in [2.45, 2.75) is 51.9 Å². The second kappa shape index (κ2) is 6.50. The predicted octanol–water partition coefficient (Wildman–Crippen LogP) is 0.373. The molecule has 0 bridgehead atoms. The Labute approximate surface area is 109 Å². The molecule has 0 aromatic heterocycles. The first-order valence-corrected chi connectivity index (χ1v) is 6.64. The summed E-state index contributed by atoms with van der Waals surface area (Å²) in [7, 11) is 0. The third-order valence-electron chi connectivity index (χ3n) is 2.93. The molecule has 0 spiro atoms. The van der Waals surface area contributed by atoms with Gasteiger partial charge in [-0.1, -0.05) is 13.8 Å². The molecule has 5 heteroatoms. The van der Waals surface area contributed by atoms with E-state index >= 15 is 0 Å². The van der Waals surface area contributed by atoms with Gasteiger partial charge in [0.25, 0.3) is 0 Å². The number of rotatable bonds is 5. The van der Waals surface area contributed by atoms with E-state index in [2.05, 4.69) is 19.2 Å². The molecule has 18 heavy (non-hydrogen) atoms. The molecule has 0 aromatic carbocycles. The Kier molecular flexibility index (Phi) is 5.56. The predicted molar refractivity (Wildman–Crippen MR) is 70.4 cm³/mol. The smallest absolute Gasteiger partial charge is 0.224 e.